The number of halogens is 1. The molecule has 2 bridgehead atoms. The average molecular weight is 337 g/mol. The molecule has 23 heavy (non-hydrogen) atoms. The van der Waals surface area contributed by atoms with Gasteiger partial charge in [0.25, 0.3) is 5.91 Å². The van der Waals surface area contributed by atoms with Crippen molar-refractivity contribution in [2.24, 2.45) is 23.7 Å². The number of carbonyl (C=O) groups excluding carboxylic acids is 2. The number of hydrogen-bond donors (Lipinski definition) is 3. The molecule has 1 aromatic rings. The van der Waals surface area contributed by atoms with Crippen LogP contribution in [0.25, 0.3) is 0 Å². The minimum atomic E-state index is -0.932. The smallest absolute Gasteiger partial charge is 0.307 e. The van der Waals surface area contributed by atoms with E-state index < -0.39 is 29.6 Å². The Kier molecular flexibility index (Phi) is 4.26. The van der Waals surface area contributed by atoms with Gasteiger partial charge in [0.15, 0.2) is 0 Å². The van der Waals surface area contributed by atoms with Crippen LogP contribution < -0.4 is 10.9 Å². The molecule has 0 spiro atoms. The number of nitrogens with one attached hydrogen (secondary N) is 2. The third-order valence-electron chi connectivity index (χ3n) is 4.89. The Labute approximate surface area is 138 Å². The molecular weight excluding hydrogens is 320 g/mol. The van der Waals surface area contributed by atoms with Gasteiger partial charge in [-0.05, 0) is 49.3 Å². The maximum atomic E-state index is 12.3. The number of hydrazine groups is 1. The Morgan fingerprint density at radius 1 is 1.09 bits per heavy atom. The van der Waals surface area contributed by atoms with Gasteiger partial charge in [0.1, 0.15) is 0 Å². The third-order valence-corrected chi connectivity index (χ3v) is 5.13. The lowest BCUT2D eigenvalue weighted by molar-refractivity contribution is -0.149. The van der Waals surface area contributed by atoms with E-state index >= 15 is 0 Å². The summed E-state index contributed by atoms with van der Waals surface area (Å²) in [4.78, 5) is 35.7. The highest BCUT2D eigenvalue weighted by Crippen LogP contribution is 2.52. The molecule has 2 saturated carbocycles. The number of aliphatic carboxylic acids is 1. The first kappa shape index (κ1) is 15.8. The molecule has 0 aromatic heterocycles. The molecule has 0 saturated heterocycles. The molecule has 1 aromatic carbocycles. The Bertz CT molecular complexity index is 663. The minimum Gasteiger partial charge on any atom is -0.481 e. The van der Waals surface area contributed by atoms with Crippen molar-refractivity contribution in [3.8, 4) is 0 Å². The summed E-state index contributed by atoms with van der Waals surface area (Å²) < 4.78 is 0. The average Bonchev–Trinajstić information content (AvgIpc) is 3.13. The molecular formula is C16H17ClN2O4. The van der Waals surface area contributed by atoms with E-state index in [1.165, 1.54) is 6.07 Å². The zero-order chi connectivity index (χ0) is 16.6. The number of fused-ring (bicyclic) bond motifs is 2. The van der Waals surface area contributed by atoms with Crippen LogP contribution in [0.1, 0.15) is 29.6 Å². The molecule has 122 valence electrons. The van der Waals surface area contributed by atoms with Crippen LogP contribution in [0.3, 0.4) is 0 Å². The second kappa shape index (κ2) is 6.20. The van der Waals surface area contributed by atoms with Crippen LogP contribution in [0.2, 0.25) is 5.02 Å². The van der Waals surface area contributed by atoms with Crippen LogP contribution in [0.4, 0.5) is 0 Å². The zero-order valence-corrected chi connectivity index (χ0v) is 13.0. The van der Waals surface area contributed by atoms with E-state index in [0.29, 0.717) is 10.6 Å². The number of carboxylic acids is 1. The SMILES string of the molecule is O=C(NNC(=O)[C@@H]1[C@H]2CC[C@@H](C2)[C@H]1C(=O)O)c1cccc(Cl)c1. The summed E-state index contributed by atoms with van der Waals surface area (Å²) in [5.74, 6) is -2.93. The fraction of sp³-hybridized carbons (Fsp3) is 0.438. The van der Waals surface area contributed by atoms with Crippen molar-refractivity contribution < 1.29 is 19.5 Å². The Hall–Kier alpha value is -2.08. The van der Waals surface area contributed by atoms with Gasteiger partial charge in [-0.2, -0.15) is 0 Å². The van der Waals surface area contributed by atoms with Gasteiger partial charge in [0.2, 0.25) is 5.91 Å². The monoisotopic (exact) mass is 336 g/mol. The zero-order valence-electron chi connectivity index (χ0n) is 12.3. The number of carboxylic acid groups (broad SMARTS) is 1. The molecule has 0 radical (unpaired) electrons. The first-order valence-electron chi connectivity index (χ1n) is 7.56. The highest BCUT2D eigenvalue weighted by Gasteiger charge is 2.54. The number of carbonyl (C=O) groups is 3. The molecule has 4 atom stereocenters. The maximum absolute atomic E-state index is 12.3. The van der Waals surface area contributed by atoms with E-state index in [2.05, 4.69) is 10.9 Å². The second-order valence-corrected chi connectivity index (χ2v) is 6.61. The van der Waals surface area contributed by atoms with Crippen molar-refractivity contribution in [3.05, 3.63) is 34.9 Å². The summed E-state index contributed by atoms with van der Waals surface area (Å²) in [6.07, 6.45) is 2.51. The Morgan fingerprint density at radius 2 is 1.78 bits per heavy atom. The van der Waals surface area contributed by atoms with Crippen LogP contribution >= 0.6 is 11.6 Å². The van der Waals surface area contributed by atoms with Gasteiger partial charge in [-0.1, -0.05) is 17.7 Å². The molecule has 2 aliphatic rings. The number of benzene rings is 1. The highest BCUT2D eigenvalue weighted by atomic mass is 35.5. The van der Waals surface area contributed by atoms with E-state index in [1.54, 1.807) is 18.2 Å². The van der Waals surface area contributed by atoms with Gasteiger partial charge in [-0.3, -0.25) is 25.2 Å². The lowest BCUT2D eigenvalue weighted by atomic mass is 9.79. The fourth-order valence-electron chi connectivity index (χ4n) is 3.93. The fourth-order valence-corrected chi connectivity index (χ4v) is 4.12. The second-order valence-electron chi connectivity index (χ2n) is 6.18. The molecule has 2 aliphatic carbocycles. The van der Waals surface area contributed by atoms with Crippen molar-refractivity contribution in [2.75, 3.05) is 0 Å². The van der Waals surface area contributed by atoms with Crippen molar-refractivity contribution in [2.45, 2.75) is 19.3 Å². The van der Waals surface area contributed by atoms with E-state index in [9.17, 15) is 19.5 Å². The van der Waals surface area contributed by atoms with E-state index in [4.69, 9.17) is 11.6 Å². The Morgan fingerprint density at radius 3 is 2.43 bits per heavy atom. The topological polar surface area (TPSA) is 95.5 Å². The van der Waals surface area contributed by atoms with Gasteiger partial charge in [0, 0.05) is 10.6 Å². The number of amides is 2. The quantitative estimate of drug-likeness (QED) is 0.734. The molecule has 0 unspecified atom stereocenters. The summed E-state index contributed by atoms with van der Waals surface area (Å²) in [5, 5.41) is 9.78. The van der Waals surface area contributed by atoms with E-state index in [-0.39, 0.29) is 11.8 Å². The van der Waals surface area contributed by atoms with Gasteiger partial charge in [-0.15, -0.1) is 0 Å². The number of rotatable bonds is 3. The van der Waals surface area contributed by atoms with Gasteiger partial charge in [0.05, 0.1) is 11.8 Å². The summed E-state index contributed by atoms with van der Waals surface area (Å²) in [7, 11) is 0. The van der Waals surface area contributed by atoms with Crippen LogP contribution in [0.5, 0.6) is 0 Å². The minimum absolute atomic E-state index is 0.0666. The van der Waals surface area contributed by atoms with Crippen molar-refractivity contribution in [3.63, 3.8) is 0 Å². The molecule has 2 amide bonds. The molecule has 6 nitrogen and oxygen atoms in total. The Balaban J connectivity index is 1.63. The summed E-state index contributed by atoms with van der Waals surface area (Å²) in [5.41, 5.74) is 5.02. The lowest BCUT2D eigenvalue weighted by Gasteiger charge is -2.26. The van der Waals surface area contributed by atoms with Crippen molar-refractivity contribution in [1.82, 2.24) is 10.9 Å². The highest BCUT2D eigenvalue weighted by molar-refractivity contribution is 6.30. The van der Waals surface area contributed by atoms with Crippen molar-refractivity contribution >= 4 is 29.4 Å². The molecule has 2 fully saturated rings. The molecule has 7 heteroatoms. The predicted octanol–water partition coefficient (Wildman–Crippen LogP) is 1.85. The van der Waals surface area contributed by atoms with Crippen LogP contribution in [0.15, 0.2) is 24.3 Å². The summed E-state index contributed by atoms with van der Waals surface area (Å²) >= 11 is 5.82. The molecule has 0 heterocycles. The molecule has 3 rings (SSSR count). The summed E-state index contributed by atoms with van der Waals surface area (Å²) in [6.45, 7) is 0. The summed E-state index contributed by atoms with van der Waals surface area (Å²) in [6, 6.07) is 6.34. The van der Waals surface area contributed by atoms with Crippen LogP contribution in [-0.2, 0) is 9.59 Å². The first-order chi connectivity index (χ1) is 11.0. The van der Waals surface area contributed by atoms with E-state index in [0.717, 1.165) is 19.3 Å². The van der Waals surface area contributed by atoms with Crippen LogP contribution in [-0.4, -0.2) is 22.9 Å². The first-order valence-corrected chi connectivity index (χ1v) is 7.93. The molecule has 0 aliphatic heterocycles. The standard InChI is InChI=1S/C16H17ClN2O4/c17-11-3-1-2-10(7-11)14(20)18-19-15(21)12-8-4-5-9(6-8)13(12)16(22)23/h1-3,7-9,12-13H,4-6H2,(H,18,20)(H,19,21)(H,22,23)/t8-,9-,12+,13+/m0/s1. The van der Waals surface area contributed by atoms with Gasteiger partial charge < -0.3 is 5.11 Å². The number of hydrogen-bond acceptors (Lipinski definition) is 3. The molecule has 3 N–H and O–H groups in total. The van der Waals surface area contributed by atoms with E-state index in [1.807, 2.05) is 0 Å². The van der Waals surface area contributed by atoms with Gasteiger partial charge >= 0.3 is 5.97 Å². The predicted molar refractivity (Wildman–Crippen MR) is 82.5 cm³/mol. The normalized spacial score (nSPS) is 28.4. The largest absolute Gasteiger partial charge is 0.481 e. The van der Waals surface area contributed by atoms with Crippen molar-refractivity contribution in [1.29, 1.82) is 0 Å². The lowest BCUT2D eigenvalue weighted by Crippen LogP contribution is -2.48. The van der Waals surface area contributed by atoms with Crippen LogP contribution in [0, 0.1) is 23.7 Å². The maximum Gasteiger partial charge on any atom is 0.307 e. The third kappa shape index (κ3) is 3.03. The van der Waals surface area contributed by atoms with Gasteiger partial charge in [-0.25, -0.2) is 0 Å².